The summed E-state index contributed by atoms with van der Waals surface area (Å²) in [6.45, 7) is 0. The first-order chi connectivity index (χ1) is 32.2. The van der Waals surface area contributed by atoms with Crippen LogP contribution in [0.25, 0.3) is 131 Å². The lowest BCUT2D eigenvalue weighted by Gasteiger charge is -2.13. The molecule has 0 saturated carbocycles. The quantitative estimate of drug-likeness (QED) is 0.156. The molecule has 0 N–H and O–H groups in total. The van der Waals surface area contributed by atoms with Crippen LogP contribution in [0.1, 0.15) is 0 Å². The lowest BCUT2D eigenvalue weighted by molar-refractivity contribution is 1.07. The van der Waals surface area contributed by atoms with Gasteiger partial charge in [-0.25, -0.2) is 19.9 Å². The predicted molar refractivity (Wildman–Crippen MR) is 273 cm³/mol. The van der Waals surface area contributed by atoms with Gasteiger partial charge in [0.2, 0.25) is 0 Å². The highest BCUT2D eigenvalue weighted by Gasteiger charge is 2.20. The molecule has 0 unspecified atom stereocenters. The molecule has 0 amide bonds. The predicted octanol–water partition coefficient (Wildman–Crippen LogP) is 16.2. The average Bonchev–Trinajstić information content (AvgIpc) is 3.79. The van der Waals surface area contributed by atoms with E-state index in [0.717, 1.165) is 54.7 Å². The van der Waals surface area contributed by atoms with Gasteiger partial charge >= 0.3 is 0 Å². The minimum absolute atomic E-state index is 0.613. The van der Waals surface area contributed by atoms with Crippen molar-refractivity contribution in [1.82, 2.24) is 19.9 Å². The van der Waals surface area contributed by atoms with Crippen molar-refractivity contribution in [1.29, 1.82) is 0 Å². The molecule has 13 aromatic rings. The van der Waals surface area contributed by atoms with Crippen molar-refractivity contribution in [2.75, 3.05) is 0 Å². The maximum absolute atomic E-state index is 5.64. The zero-order chi connectivity index (χ0) is 42.8. The molecule has 0 aliphatic heterocycles. The van der Waals surface area contributed by atoms with Crippen LogP contribution >= 0.6 is 11.3 Å². The number of hydrogen-bond acceptors (Lipinski definition) is 5. The molecule has 0 bridgehead atoms. The summed E-state index contributed by atoms with van der Waals surface area (Å²) < 4.78 is 2.39. The van der Waals surface area contributed by atoms with Crippen molar-refractivity contribution in [3.05, 3.63) is 218 Å². The second-order valence-corrected chi connectivity index (χ2v) is 17.6. The highest BCUT2D eigenvalue weighted by atomic mass is 32.1. The molecule has 0 atom stereocenters. The van der Waals surface area contributed by atoms with Gasteiger partial charge < -0.3 is 0 Å². The molecule has 302 valence electrons. The van der Waals surface area contributed by atoms with Gasteiger partial charge in [0.25, 0.3) is 0 Å². The Balaban J connectivity index is 0.954. The molecule has 0 fully saturated rings. The third-order valence-electron chi connectivity index (χ3n) is 12.7. The standard InChI is InChI=1S/C60H36N4S/c1-3-15-39(16-4-1)58-62-59(40-17-5-2-6-18-40)64-60(63-58)43-20-13-19-42(35-43)55-57-54(50-25-11-12-28-53(50)65-57)51-27-14-26-44(56(51)61-55)38-31-29-37(30-32-38)41-33-34-49-47-23-8-7-21-45(47)46-22-9-10-24-48(46)52(49)36-41/h1-36H. The summed E-state index contributed by atoms with van der Waals surface area (Å²) in [5.74, 6) is 1.88. The topological polar surface area (TPSA) is 51.6 Å². The Labute approximate surface area is 378 Å². The molecule has 4 nitrogen and oxygen atoms in total. The first kappa shape index (κ1) is 37.2. The van der Waals surface area contributed by atoms with E-state index in [9.17, 15) is 0 Å². The molecular weight excluding hydrogens is 809 g/mol. The molecule has 0 saturated heterocycles. The van der Waals surface area contributed by atoms with E-state index in [0.29, 0.717) is 17.5 Å². The Hall–Kier alpha value is -8.38. The van der Waals surface area contributed by atoms with Gasteiger partial charge in [-0.2, -0.15) is 0 Å². The maximum atomic E-state index is 5.64. The molecule has 0 aliphatic rings. The molecule has 13 rings (SSSR count). The number of nitrogens with zero attached hydrogens (tertiary/aromatic N) is 4. The zero-order valence-electron chi connectivity index (χ0n) is 35.0. The Kier molecular flexibility index (Phi) is 8.68. The van der Waals surface area contributed by atoms with Crippen LogP contribution in [0.5, 0.6) is 0 Å². The third-order valence-corrected chi connectivity index (χ3v) is 13.9. The second-order valence-electron chi connectivity index (χ2n) is 16.5. The fraction of sp³-hybridized carbons (Fsp3) is 0. The highest BCUT2D eigenvalue weighted by molar-refractivity contribution is 7.26. The van der Waals surface area contributed by atoms with E-state index in [1.165, 1.54) is 58.9 Å². The van der Waals surface area contributed by atoms with Crippen LogP contribution in [0.3, 0.4) is 0 Å². The normalized spacial score (nSPS) is 11.7. The van der Waals surface area contributed by atoms with Gasteiger partial charge in [0.1, 0.15) is 0 Å². The largest absolute Gasteiger partial charge is 0.246 e. The van der Waals surface area contributed by atoms with E-state index in [1.807, 2.05) is 60.7 Å². The second kappa shape index (κ2) is 15.2. The summed E-state index contributed by atoms with van der Waals surface area (Å²) in [7, 11) is 0. The van der Waals surface area contributed by atoms with E-state index in [4.69, 9.17) is 19.9 Å². The zero-order valence-corrected chi connectivity index (χ0v) is 35.8. The van der Waals surface area contributed by atoms with E-state index in [-0.39, 0.29) is 0 Å². The lowest BCUT2D eigenvalue weighted by atomic mass is 9.91. The maximum Gasteiger partial charge on any atom is 0.164 e. The average molecular weight is 845 g/mol. The lowest BCUT2D eigenvalue weighted by Crippen LogP contribution is -2.00. The molecule has 5 heteroatoms. The molecule has 65 heavy (non-hydrogen) atoms. The van der Waals surface area contributed by atoms with Crippen LogP contribution in [0.2, 0.25) is 0 Å². The van der Waals surface area contributed by atoms with Crippen LogP contribution in [0.15, 0.2) is 218 Å². The van der Waals surface area contributed by atoms with E-state index in [1.54, 1.807) is 11.3 Å². The first-order valence-electron chi connectivity index (χ1n) is 21.9. The number of para-hydroxylation sites is 1. The van der Waals surface area contributed by atoms with E-state index >= 15 is 0 Å². The Morgan fingerprint density at radius 3 is 1.42 bits per heavy atom. The summed E-state index contributed by atoms with van der Waals surface area (Å²) in [6.07, 6.45) is 0. The molecular formula is C60H36N4S. The van der Waals surface area contributed by atoms with Gasteiger partial charge in [0, 0.05) is 48.7 Å². The number of fused-ring (bicyclic) bond motifs is 11. The van der Waals surface area contributed by atoms with Gasteiger partial charge in [0.05, 0.1) is 15.9 Å². The minimum atomic E-state index is 0.613. The Bertz CT molecular complexity index is 3900. The van der Waals surface area contributed by atoms with Crippen molar-refractivity contribution >= 4 is 74.7 Å². The number of hydrogen-bond donors (Lipinski definition) is 0. The van der Waals surface area contributed by atoms with Gasteiger partial charge in [0.15, 0.2) is 17.5 Å². The fourth-order valence-electron chi connectivity index (χ4n) is 9.61. The number of rotatable bonds is 6. The van der Waals surface area contributed by atoms with Gasteiger partial charge in [-0.15, -0.1) is 11.3 Å². The summed E-state index contributed by atoms with van der Waals surface area (Å²) in [5, 5.41) is 11.3. The molecule has 0 radical (unpaired) electrons. The van der Waals surface area contributed by atoms with E-state index < -0.39 is 0 Å². The minimum Gasteiger partial charge on any atom is -0.246 e. The smallest absolute Gasteiger partial charge is 0.164 e. The van der Waals surface area contributed by atoms with Crippen LogP contribution in [0.4, 0.5) is 0 Å². The van der Waals surface area contributed by atoms with Gasteiger partial charge in [-0.05, 0) is 67.2 Å². The van der Waals surface area contributed by atoms with Gasteiger partial charge in [-0.1, -0.05) is 200 Å². The number of benzene rings is 10. The first-order valence-corrected chi connectivity index (χ1v) is 22.7. The molecule has 3 aromatic heterocycles. The highest BCUT2D eigenvalue weighted by Crippen LogP contribution is 2.45. The van der Waals surface area contributed by atoms with Crippen LogP contribution < -0.4 is 0 Å². The van der Waals surface area contributed by atoms with Crippen molar-refractivity contribution < 1.29 is 0 Å². The third kappa shape index (κ3) is 6.28. The van der Waals surface area contributed by atoms with Crippen LogP contribution in [-0.2, 0) is 0 Å². The van der Waals surface area contributed by atoms with Crippen molar-refractivity contribution in [2.24, 2.45) is 0 Å². The monoisotopic (exact) mass is 844 g/mol. The fourth-order valence-corrected chi connectivity index (χ4v) is 10.8. The van der Waals surface area contributed by atoms with Crippen molar-refractivity contribution in [3.63, 3.8) is 0 Å². The summed E-state index contributed by atoms with van der Waals surface area (Å²) in [5.41, 5.74) is 10.3. The number of aromatic nitrogens is 4. The van der Waals surface area contributed by atoms with Crippen molar-refractivity contribution in [3.8, 4) is 67.7 Å². The SMILES string of the molecule is c1ccc(-c2nc(-c3ccccc3)nc(-c3cccc(-c4nc5c(-c6ccc(-c7ccc8c9ccccc9c9ccccc9c8c7)cc6)cccc5c5c4sc4ccccc45)c3)n2)cc1. The summed E-state index contributed by atoms with van der Waals surface area (Å²) in [4.78, 5) is 20.7. The van der Waals surface area contributed by atoms with Crippen molar-refractivity contribution in [2.45, 2.75) is 0 Å². The molecule has 10 aromatic carbocycles. The Morgan fingerprint density at radius 1 is 0.277 bits per heavy atom. The van der Waals surface area contributed by atoms with Crippen LogP contribution in [0, 0.1) is 0 Å². The molecule has 3 heterocycles. The van der Waals surface area contributed by atoms with Gasteiger partial charge in [-0.3, -0.25) is 0 Å². The summed E-state index contributed by atoms with van der Waals surface area (Å²) >= 11 is 1.80. The number of thiophene rings is 1. The van der Waals surface area contributed by atoms with Crippen LogP contribution in [-0.4, -0.2) is 19.9 Å². The summed E-state index contributed by atoms with van der Waals surface area (Å²) in [6, 6.07) is 77.5. The number of pyridine rings is 1. The molecule has 0 aliphatic carbocycles. The molecule has 0 spiro atoms. The van der Waals surface area contributed by atoms with E-state index in [2.05, 4.69) is 158 Å². The Morgan fingerprint density at radius 2 is 0.754 bits per heavy atom.